The van der Waals surface area contributed by atoms with E-state index in [-0.39, 0.29) is 0 Å². The van der Waals surface area contributed by atoms with Crippen molar-refractivity contribution in [3.63, 3.8) is 0 Å². The molecule has 4 nitrogen and oxygen atoms in total. The molecule has 0 amide bonds. The number of aromatic nitrogens is 2. The highest BCUT2D eigenvalue weighted by Crippen LogP contribution is 2.19. The van der Waals surface area contributed by atoms with Crippen molar-refractivity contribution in [2.75, 3.05) is 16.8 Å². The lowest BCUT2D eigenvalue weighted by molar-refractivity contribution is 0.717. The lowest BCUT2D eigenvalue weighted by atomic mass is 10.2. The van der Waals surface area contributed by atoms with Gasteiger partial charge in [-0.05, 0) is 31.8 Å². The van der Waals surface area contributed by atoms with Crippen LogP contribution >= 0.6 is 11.8 Å². The first-order valence-corrected chi connectivity index (χ1v) is 7.03. The minimum Gasteiger partial charge on any atom is -0.367 e. The van der Waals surface area contributed by atoms with Gasteiger partial charge in [-0.15, -0.1) is 0 Å². The lowest BCUT2D eigenvalue weighted by Crippen LogP contribution is -2.18. The summed E-state index contributed by atoms with van der Waals surface area (Å²) in [6.45, 7) is 6.17. The van der Waals surface area contributed by atoms with Gasteiger partial charge in [0, 0.05) is 13.1 Å². The van der Waals surface area contributed by atoms with Gasteiger partial charge in [-0.2, -0.15) is 22.1 Å². The number of nitriles is 1. The first-order valence-electron chi connectivity index (χ1n) is 5.88. The topological polar surface area (TPSA) is 53.6 Å². The molecule has 1 aromatic rings. The van der Waals surface area contributed by atoms with Crippen LogP contribution in [0.2, 0.25) is 0 Å². The summed E-state index contributed by atoms with van der Waals surface area (Å²) in [6.07, 6.45) is 1.09. The molecule has 17 heavy (non-hydrogen) atoms. The zero-order valence-electron chi connectivity index (χ0n) is 10.9. The van der Waals surface area contributed by atoms with Crippen molar-refractivity contribution in [2.24, 2.45) is 7.05 Å². The molecule has 0 aromatic carbocycles. The molecule has 0 spiro atoms. The molecule has 1 aromatic heterocycles. The van der Waals surface area contributed by atoms with Crippen LogP contribution in [-0.2, 0) is 7.05 Å². The third kappa shape index (κ3) is 3.67. The average molecular weight is 252 g/mol. The summed E-state index contributed by atoms with van der Waals surface area (Å²) in [5.74, 6) is 3.13. The predicted octanol–water partition coefficient (Wildman–Crippen LogP) is 2.54. The third-order valence-electron chi connectivity index (χ3n) is 2.62. The smallest absolute Gasteiger partial charge is 0.142 e. The van der Waals surface area contributed by atoms with Gasteiger partial charge in [-0.1, -0.05) is 6.92 Å². The summed E-state index contributed by atoms with van der Waals surface area (Å²) in [7, 11) is 1.86. The Balaban J connectivity index is 2.65. The second-order valence-corrected chi connectivity index (χ2v) is 5.47. The second kappa shape index (κ2) is 6.55. The summed E-state index contributed by atoms with van der Waals surface area (Å²) in [5, 5.41) is 16.7. The van der Waals surface area contributed by atoms with Crippen LogP contribution < -0.4 is 5.32 Å². The van der Waals surface area contributed by atoms with Gasteiger partial charge in [-0.3, -0.25) is 4.68 Å². The van der Waals surface area contributed by atoms with E-state index >= 15 is 0 Å². The third-order valence-corrected chi connectivity index (χ3v) is 3.55. The normalized spacial score (nSPS) is 12.2. The Hall–Kier alpha value is -1.15. The van der Waals surface area contributed by atoms with Gasteiger partial charge in [0.15, 0.2) is 0 Å². The number of hydrogen-bond donors (Lipinski definition) is 1. The molecule has 0 fully saturated rings. The van der Waals surface area contributed by atoms with Crippen LogP contribution in [-0.4, -0.2) is 27.3 Å². The molecule has 0 saturated carbocycles. The van der Waals surface area contributed by atoms with Gasteiger partial charge >= 0.3 is 0 Å². The zero-order valence-corrected chi connectivity index (χ0v) is 11.8. The minimum absolute atomic E-state index is 0.357. The Morgan fingerprint density at radius 3 is 2.88 bits per heavy atom. The van der Waals surface area contributed by atoms with E-state index in [2.05, 4.69) is 30.3 Å². The van der Waals surface area contributed by atoms with E-state index in [0.29, 0.717) is 11.6 Å². The maximum atomic E-state index is 9.09. The highest BCUT2D eigenvalue weighted by atomic mass is 32.2. The average Bonchev–Trinajstić information content (AvgIpc) is 2.54. The number of thioether (sulfide) groups is 1. The van der Waals surface area contributed by atoms with Gasteiger partial charge in [0.25, 0.3) is 0 Å². The van der Waals surface area contributed by atoms with Crippen molar-refractivity contribution in [3.05, 3.63) is 11.3 Å². The molecule has 1 heterocycles. The van der Waals surface area contributed by atoms with Crippen LogP contribution in [0.5, 0.6) is 0 Å². The van der Waals surface area contributed by atoms with Gasteiger partial charge in [0.2, 0.25) is 0 Å². The summed E-state index contributed by atoms with van der Waals surface area (Å²) in [4.78, 5) is 0. The molecule has 1 unspecified atom stereocenters. The highest BCUT2D eigenvalue weighted by Gasteiger charge is 2.14. The molecule has 0 aliphatic heterocycles. The fourth-order valence-corrected chi connectivity index (χ4v) is 2.48. The number of anilines is 1. The van der Waals surface area contributed by atoms with E-state index in [1.807, 2.05) is 25.7 Å². The van der Waals surface area contributed by atoms with Gasteiger partial charge in [-0.25, -0.2) is 0 Å². The largest absolute Gasteiger partial charge is 0.367 e. The summed E-state index contributed by atoms with van der Waals surface area (Å²) in [6, 6.07) is 2.56. The highest BCUT2D eigenvalue weighted by molar-refractivity contribution is 7.99. The summed E-state index contributed by atoms with van der Waals surface area (Å²) < 4.78 is 1.75. The van der Waals surface area contributed by atoms with Crippen LogP contribution in [0.3, 0.4) is 0 Å². The molecule has 0 bridgehead atoms. The van der Waals surface area contributed by atoms with E-state index < -0.39 is 0 Å². The Morgan fingerprint density at radius 2 is 2.29 bits per heavy atom. The van der Waals surface area contributed by atoms with Gasteiger partial charge in [0.05, 0.1) is 5.69 Å². The van der Waals surface area contributed by atoms with Crippen LogP contribution in [0.1, 0.15) is 31.5 Å². The summed E-state index contributed by atoms with van der Waals surface area (Å²) in [5.41, 5.74) is 1.44. The van der Waals surface area contributed by atoms with Crippen LogP contribution in [0.4, 0.5) is 5.82 Å². The van der Waals surface area contributed by atoms with Crippen molar-refractivity contribution in [1.29, 1.82) is 5.26 Å². The Labute approximate surface area is 107 Å². The van der Waals surface area contributed by atoms with E-state index in [1.165, 1.54) is 0 Å². The fourth-order valence-electron chi connectivity index (χ4n) is 1.67. The maximum Gasteiger partial charge on any atom is 0.142 e. The molecule has 1 atom stereocenters. The minimum atomic E-state index is 0.357. The fraction of sp³-hybridized carbons (Fsp3) is 0.667. The van der Waals surface area contributed by atoms with Gasteiger partial charge < -0.3 is 5.32 Å². The van der Waals surface area contributed by atoms with Crippen molar-refractivity contribution < 1.29 is 0 Å². The molecule has 0 radical (unpaired) electrons. The summed E-state index contributed by atoms with van der Waals surface area (Å²) >= 11 is 1.94. The molecule has 1 N–H and O–H groups in total. The number of aryl methyl sites for hydroxylation is 2. The van der Waals surface area contributed by atoms with Crippen LogP contribution in [0, 0.1) is 18.3 Å². The van der Waals surface area contributed by atoms with Crippen molar-refractivity contribution in [2.45, 2.75) is 33.2 Å². The number of rotatable bonds is 6. The van der Waals surface area contributed by atoms with Gasteiger partial charge in [0.1, 0.15) is 17.5 Å². The van der Waals surface area contributed by atoms with Crippen molar-refractivity contribution in [1.82, 2.24) is 9.78 Å². The Bertz CT molecular complexity index is 405. The maximum absolute atomic E-state index is 9.09. The monoisotopic (exact) mass is 252 g/mol. The van der Waals surface area contributed by atoms with Crippen LogP contribution in [0.15, 0.2) is 0 Å². The van der Waals surface area contributed by atoms with Crippen molar-refractivity contribution in [3.8, 4) is 6.07 Å². The van der Waals surface area contributed by atoms with E-state index in [0.717, 1.165) is 29.4 Å². The Kier molecular flexibility index (Phi) is 5.36. The molecule has 1 rings (SSSR count). The second-order valence-electron chi connectivity index (χ2n) is 4.08. The molecular formula is C12H20N4S. The van der Waals surface area contributed by atoms with E-state index in [9.17, 15) is 0 Å². The SMILES string of the molecule is CCSCCC(C)Nc1c(C#N)c(C)nn1C. The predicted molar refractivity (Wildman–Crippen MR) is 73.4 cm³/mol. The quantitative estimate of drug-likeness (QED) is 0.791. The molecule has 5 heteroatoms. The lowest BCUT2D eigenvalue weighted by Gasteiger charge is -2.15. The van der Waals surface area contributed by atoms with E-state index in [1.54, 1.807) is 4.68 Å². The molecule has 0 aliphatic carbocycles. The van der Waals surface area contributed by atoms with Crippen LogP contribution in [0.25, 0.3) is 0 Å². The molecule has 0 aliphatic rings. The Morgan fingerprint density at radius 1 is 1.59 bits per heavy atom. The number of hydrogen-bond acceptors (Lipinski definition) is 4. The van der Waals surface area contributed by atoms with E-state index in [4.69, 9.17) is 5.26 Å². The molecule has 0 saturated heterocycles. The number of nitrogens with zero attached hydrogens (tertiary/aromatic N) is 3. The zero-order chi connectivity index (χ0) is 12.8. The molecule has 94 valence electrons. The first kappa shape index (κ1) is 13.9. The first-order chi connectivity index (χ1) is 8.10. The number of nitrogens with one attached hydrogen (secondary N) is 1. The standard InChI is InChI=1S/C12H20N4S/c1-5-17-7-6-9(2)14-12-11(8-13)10(3)15-16(12)4/h9,14H,5-7H2,1-4H3. The molecular weight excluding hydrogens is 232 g/mol. The van der Waals surface area contributed by atoms with Crippen molar-refractivity contribution >= 4 is 17.6 Å².